The van der Waals surface area contributed by atoms with Crippen LogP contribution in [0.5, 0.6) is 0 Å². The predicted molar refractivity (Wildman–Crippen MR) is 76.3 cm³/mol. The highest BCUT2D eigenvalue weighted by Gasteiger charge is 2.44. The van der Waals surface area contributed by atoms with Gasteiger partial charge in [0.15, 0.2) is 0 Å². The van der Waals surface area contributed by atoms with E-state index in [0.717, 1.165) is 36.7 Å². The molecule has 3 N–H and O–H groups in total. The number of pyridine rings is 1. The fourth-order valence-corrected chi connectivity index (χ4v) is 3.55. The van der Waals surface area contributed by atoms with E-state index in [1.807, 2.05) is 29.3 Å². The van der Waals surface area contributed by atoms with Gasteiger partial charge in [-0.1, -0.05) is 0 Å². The Morgan fingerprint density at radius 1 is 1.35 bits per heavy atom. The first-order valence-corrected chi connectivity index (χ1v) is 7.19. The molecule has 3 fully saturated rings. The number of hydrogen-bond acceptors (Lipinski definition) is 3. The molecule has 5 heteroatoms. The molecule has 2 aliphatic heterocycles. The Kier molecular flexibility index (Phi) is 2.41. The molecule has 5 nitrogen and oxygen atoms in total. The number of nitrogens with two attached hydrogens (primary N) is 1. The molecular weight excluding hydrogens is 252 g/mol. The highest BCUT2D eigenvalue weighted by Crippen LogP contribution is 2.37. The van der Waals surface area contributed by atoms with Crippen molar-refractivity contribution in [3.8, 4) is 0 Å². The second-order valence-corrected chi connectivity index (χ2v) is 6.14. The maximum absolute atomic E-state index is 12.7. The maximum Gasteiger partial charge on any atom is 0.272 e. The van der Waals surface area contributed by atoms with Gasteiger partial charge in [0.2, 0.25) is 0 Å². The number of aromatic amines is 1. The Labute approximate surface area is 117 Å². The van der Waals surface area contributed by atoms with Gasteiger partial charge in [0.1, 0.15) is 11.3 Å². The smallest absolute Gasteiger partial charge is 0.272 e. The number of carbonyl (C=O) groups is 1. The minimum Gasteiger partial charge on any atom is -0.346 e. The Hall–Kier alpha value is -1.88. The van der Waals surface area contributed by atoms with Gasteiger partial charge >= 0.3 is 0 Å². The van der Waals surface area contributed by atoms with Crippen LogP contribution in [0.2, 0.25) is 0 Å². The summed E-state index contributed by atoms with van der Waals surface area (Å²) >= 11 is 0. The lowest BCUT2D eigenvalue weighted by atomic mass is 9.74. The van der Waals surface area contributed by atoms with Crippen LogP contribution in [-0.4, -0.2) is 38.9 Å². The van der Waals surface area contributed by atoms with Gasteiger partial charge in [-0.3, -0.25) is 4.79 Å². The maximum atomic E-state index is 12.7. The van der Waals surface area contributed by atoms with Crippen molar-refractivity contribution in [2.24, 2.45) is 5.73 Å². The van der Waals surface area contributed by atoms with Crippen molar-refractivity contribution >= 4 is 16.9 Å². The zero-order chi connectivity index (χ0) is 13.7. The zero-order valence-corrected chi connectivity index (χ0v) is 11.3. The van der Waals surface area contributed by atoms with Crippen LogP contribution in [0.25, 0.3) is 11.0 Å². The number of nitrogens with one attached hydrogen (secondary N) is 1. The monoisotopic (exact) mass is 270 g/mol. The van der Waals surface area contributed by atoms with E-state index in [4.69, 9.17) is 5.73 Å². The number of carbonyl (C=O) groups excluding carboxylic acids is 1. The highest BCUT2D eigenvalue weighted by atomic mass is 16.2. The third-order valence-electron chi connectivity index (χ3n) is 4.77. The molecule has 2 aromatic heterocycles. The third kappa shape index (κ3) is 1.73. The number of fused-ring (bicyclic) bond motifs is 4. The summed E-state index contributed by atoms with van der Waals surface area (Å²) in [5.41, 5.74) is 7.45. The summed E-state index contributed by atoms with van der Waals surface area (Å²) in [5, 5.41) is 1.03. The van der Waals surface area contributed by atoms with Gasteiger partial charge in [0, 0.05) is 29.7 Å². The minimum atomic E-state index is -0.180. The molecule has 4 heterocycles. The zero-order valence-electron chi connectivity index (χ0n) is 11.3. The van der Waals surface area contributed by atoms with Gasteiger partial charge < -0.3 is 15.6 Å². The van der Waals surface area contributed by atoms with Crippen LogP contribution in [0, 0.1) is 0 Å². The van der Waals surface area contributed by atoms with Crippen LogP contribution in [-0.2, 0) is 0 Å². The quantitative estimate of drug-likeness (QED) is 0.827. The Bertz CT molecular complexity index is 669. The van der Waals surface area contributed by atoms with Crippen LogP contribution in [0.4, 0.5) is 0 Å². The minimum absolute atomic E-state index is 0.0146. The Morgan fingerprint density at radius 2 is 2.15 bits per heavy atom. The molecule has 2 aromatic rings. The van der Waals surface area contributed by atoms with Gasteiger partial charge in [-0.25, -0.2) is 4.98 Å². The number of nitrogens with zero attached hydrogens (tertiary/aromatic N) is 2. The molecule has 104 valence electrons. The Balaban J connectivity index is 1.66. The summed E-state index contributed by atoms with van der Waals surface area (Å²) in [6, 6.07) is 6.04. The first kappa shape index (κ1) is 11.9. The standard InChI is InChI=1S/C15H18N4O/c16-15-6-3-11(4-7-15)19(9-15)14(20)12-2-1-10-5-8-17-13(10)18-12/h1-2,5,8,11H,3-4,6-7,9,16H2,(H,17,18). The fraction of sp³-hybridized carbons (Fsp3) is 0.467. The van der Waals surface area contributed by atoms with E-state index in [2.05, 4.69) is 9.97 Å². The molecule has 3 aliphatic rings. The molecule has 1 aliphatic carbocycles. The molecule has 1 amide bonds. The average molecular weight is 270 g/mol. The topological polar surface area (TPSA) is 75.0 Å². The van der Waals surface area contributed by atoms with E-state index in [9.17, 15) is 4.79 Å². The van der Waals surface area contributed by atoms with E-state index in [0.29, 0.717) is 18.3 Å². The largest absolute Gasteiger partial charge is 0.346 e. The summed E-state index contributed by atoms with van der Waals surface area (Å²) in [7, 11) is 0. The van der Waals surface area contributed by atoms with Crippen LogP contribution in [0.15, 0.2) is 24.4 Å². The molecule has 2 bridgehead atoms. The Morgan fingerprint density at radius 3 is 2.90 bits per heavy atom. The SMILES string of the molecule is NC12CCC(CC1)N(C(=O)c1ccc3cc[nH]c3n1)C2. The lowest BCUT2D eigenvalue weighted by molar-refractivity contribution is 0.0232. The first-order valence-electron chi connectivity index (χ1n) is 7.19. The van der Waals surface area contributed by atoms with Crippen molar-refractivity contribution in [1.29, 1.82) is 0 Å². The van der Waals surface area contributed by atoms with Gasteiger partial charge in [-0.15, -0.1) is 0 Å². The first-order chi connectivity index (χ1) is 9.65. The molecular formula is C15H18N4O. The molecule has 20 heavy (non-hydrogen) atoms. The van der Waals surface area contributed by atoms with E-state index < -0.39 is 0 Å². The van der Waals surface area contributed by atoms with E-state index in [1.165, 1.54) is 0 Å². The van der Waals surface area contributed by atoms with Gasteiger partial charge in [0.25, 0.3) is 5.91 Å². The molecule has 0 unspecified atom stereocenters. The van der Waals surface area contributed by atoms with E-state index in [-0.39, 0.29) is 11.4 Å². The van der Waals surface area contributed by atoms with Crippen molar-refractivity contribution < 1.29 is 4.79 Å². The van der Waals surface area contributed by atoms with Crippen LogP contribution in [0.3, 0.4) is 0 Å². The predicted octanol–water partition coefficient (Wildman–Crippen LogP) is 1.66. The van der Waals surface area contributed by atoms with Gasteiger partial charge in [-0.2, -0.15) is 0 Å². The van der Waals surface area contributed by atoms with Crippen molar-refractivity contribution in [3.63, 3.8) is 0 Å². The third-order valence-corrected chi connectivity index (χ3v) is 4.77. The summed E-state index contributed by atoms with van der Waals surface area (Å²) in [6.45, 7) is 0.668. The number of piperidine rings is 2. The average Bonchev–Trinajstić information content (AvgIpc) is 2.94. The number of rotatable bonds is 1. The van der Waals surface area contributed by atoms with Crippen LogP contribution >= 0.6 is 0 Å². The fourth-order valence-electron chi connectivity index (χ4n) is 3.55. The van der Waals surface area contributed by atoms with Crippen molar-refractivity contribution in [3.05, 3.63) is 30.1 Å². The lowest BCUT2D eigenvalue weighted by Crippen LogP contribution is -2.63. The summed E-state index contributed by atoms with van der Waals surface area (Å²) in [5.74, 6) is 0.0146. The molecule has 2 saturated heterocycles. The van der Waals surface area contributed by atoms with Crippen molar-refractivity contribution in [2.75, 3.05) is 6.54 Å². The molecule has 0 atom stereocenters. The van der Waals surface area contributed by atoms with E-state index >= 15 is 0 Å². The molecule has 5 rings (SSSR count). The van der Waals surface area contributed by atoms with Gasteiger partial charge in [0.05, 0.1) is 0 Å². The van der Waals surface area contributed by atoms with Crippen molar-refractivity contribution in [2.45, 2.75) is 37.3 Å². The summed E-state index contributed by atoms with van der Waals surface area (Å²) in [4.78, 5) is 22.1. The highest BCUT2D eigenvalue weighted by molar-refractivity contribution is 5.94. The second-order valence-electron chi connectivity index (χ2n) is 6.14. The molecule has 0 radical (unpaired) electrons. The molecule has 0 spiro atoms. The van der Waals surface area contributed by atoms with Crippen LogP contribution in [0.1, 0.15) is 36.2 Å². The second kappa shape index (κ2) is 4.06. The normalized spacial score (nSPS) is 29.1. The number of H-pyrrole nitrogens is 1. The van der Waals surface area contributed by atoms with Crippen molar-refractivity contribution in [1.82, 2.24) is 14.9 Å². The summed E-state index contributed by atoms with van der Waals surface area (Å²) in [6.07, 6.45) is 5.94. The molecule has 0 aromatic carbocycles. The number of hydrogen-bond donors (Lipinski definition) is 2. The number of aromatic nitrogens is 2. The number of amides is 1. The van der Waals surface area contributed by atoms with Gasteiger partial charge in [-0.05, 0) is 43.9 Å². The summed E-state index contributed by atoms with van der Waals surface area (Å²) < 4.78 is 0. The van der Waals surface area contributed by atoms with E-state index in [1.54, 1.807) is 0 Å². The van der Waals surface area contributed by atoms with Crippen LogP contribution < -0.4 is 5.73 Å². The molecule has 1 saturated carbocycles. The lowest BCUT2D eigenvalue weighted by Gasteiger charge is -2.50.